The number of hydrogen-bond acceptors (Lipinski definition) is 5. The lowest BCUT2D eigenvalue weighted by atomic mass is 10.1. The highest BCUT2D eigenvalue weighted by Gasteiger charge is 2.26. The molecular formula is C23H23N5O2S. The molecule has 5 rings (SSSR count). The molecule has 0 bridgehead atoms. The molecule has 0 unspecified atom stereocenters. The zero-order chi connectivity index (χ0) is 21.4. The molecule has 0 saturated heterocycles. The van der Waals surface area contributed by atoms with E-state index in [1.807, 2.05) is 57.9 Å². The maximum Gasteiger partial charge on any atom is 0.322 e. The molecule has 0 aliphatic carbocycles. The molecule has 1 aliphatic rings. The molecule has 1 aliphatic heterocycles. The first-order valence-electron chi connectivity index (χ1n) is 10.3. The van der Waals surface area contributed by atoms with E-state index < -0.39 is 0 Å². The molecule has 2 aromatic carbocycles. The van der Waals surface area contributed by atoms with Crippen LogP contribution in [0, 0.1) is 0 Å². The Balaban J connectivity index is 1.32. The lowest BCUT2D eigenvalue weighted by Crippen LogP contribution is -2.38. The van der Waals surface area contributed by atoms with E-state index in [9.17, 15) is 4.79 Å². The number of thiazole rings is 1. The third-order valence-corrected chi connectivity index (χ3v) is 6.63. The molecular weight excluding hydrogens is 410 g/mol. The fourth-order valence-corrected chi connectivity index (χ4v) is 4.87. The minimum Gasteiger partial charge on any atom is -0.497 e. The van der Waals surface area contributed by atoms with Gasteiger partial charge in [-0.3, -0.25) is 0 Å². The summed E-state index contributed by atoms with van der Waals surface area (Å²) in [5.41, 5.74) is 4.17. The van der Waals surface area contributed by atoms with E-state index >= 15 is 0 Å². The summed E-state index contributed by atoms with van der Waals surface area (Å²) in [7, 11) is 1.65. The van der Waals surface area contributed by atoms with Crippen LogP contribution in [0.1, 0.15) is 23.1 Å². The summed E-state index contributed by atoms with van der Waals surface area (Å²) in [6, 6.07) is 15.7. The fourth-order valence-electron chi connectivity index (χ4n) is 3.75. The molecule has 0 saturated carbocycles. The van der Waals surface area contributed by atoms with Crippen molar-refractivity contribution in [1.29, 1.82) is 0 Å². The number of anilines is 1. The van der Waals surface area contributed by atoms with Crippen molar-refractivity contribution in [3.8, 4) is 17.1 Å². The first-order valence-corrected chi connectivity index (χ1v) is 11.1. The summed E-state index contributed by atoms with van der Waals surface area (Å²) in [5, 5.41) is 7.73. The predicted molar refractivity (Wildman–Crippen MR) is 122 cm³/mol. The number of aryl methyl sites for hydroxylation is 1. The van der Waals surface area contributed by atoms with Crippen LogP contribution in [0.3, 0.4) is 0 Å². The van der Waals surface area contributed by atoms with Gasteiger partial charge in [-0.15, -0.1) is 5.10 Å². The van der Waals surface area contributed by atoms with Crippen LogP contribution in [-0.4, -0.2) is 39.2 Å². The van der Waals surface area contributed by atoms with Crippen LogP contribution >= 0.6 is 11.3 Å². The van der Waals surface area contributed by atoms with Crippen molar-refractivity contribution in [2.45, 2.75) is 26.3 Å². The van der Waals surface area contributed by atoms with E-state index in [-0.39, 0.29) is 6.03 Å². The molecule has 4 aromatic rings. The minimum atomic E-state index is -0.0761. The average Bonchev–Trinajstić information content (AvgIpc) is 3.37. The predicted octanol–water partition coefficient (Wildman–Crippen LogP) is 4.62. The minimum absolute atomic E-state index is 0.0761. The van der Waals surface area contributed by atoms with Gasteiger partial charge in [0.2, 0.25) is 4.96 Å². The van der Waals surface area contributed by atoms with Gasteiger partial charge in [0.25, 0.3) is 0 Å². The first-order chi connectivity index (χ1) is 15.1. The Morgan fingerprint density at radius 1 is 1.16 bits per heavy atom. The number of amides is 2. The topological polar surface area (TPSA) is 71.8 Å². The van der Waals surface area contributed by atoms with Gasteiger partial charge in [0.05, 0.1) is 19.3 Å². The molecule has 7 nitrogen and oxygen atoms in total. The number of fused-ring (bicyclic) bond motifs is 3. The van der Waals surface area contributed by atoms with Crippen LogP contribution in [0.4, 0.5) is 10.5 Å². The SMILES string of the molecule is CCc1ccc(NC(=O)N2CCc3c(sc4nc(-c5ccc(OC)cc5)nn34)C2)cc1. The highest BCUT2D eigenvalue weighted by atomic mass is 32.1. The Labute approximate surface area is 184 Å². The van der Waals surface area contributed by atoms with E-state index in [1.165, 1.54) is 5.56 Å². The molecule has 8 heteroatoms. The third-order valence-electron chi connectivity index (χ3n) is 5.57. The number of urea groups is 1. The third kappa shape index (κ3) is 3.74. The Hall–Kier alpha value is -3.39. The maximum atomic E-state index is 12.7. The van der Waals surface area contributed by atoms with Crippen molar-refractivity contribution < 1.29 is 9.53 Å². The molecule has 0 radical (unpaired) electrons. The van der Waals surface area contributed by atoms with Gasteiger partial charge < -0.3 is 15.0 Å². The first kappa shape index (κ1) is 19.6. The van der Waals surface area contributed by atoms with E-state index in [0.29, 0.717) is 18.9 Å². The molecule has 31 heavy (non-hydrogen) atoms. The van der Waals surface area contributed by atoms with E-state index in [4.69, 9.17) is 14.8 Å². The van der Waals surface area contributed by atoms with Gasteiger partial charge >= 0.3 is 6.03 Å². The second kappa shape index (κ2) is 8.03. The lowest BCUT2D eigenvalue weighted by molar-refractivity contribution is 0.206. The normalized spacial score (nSPS) is 13.3. The molecule has 2 amide bonds. The second-order valence-electron chi connectivity index (χ2n) is 7.48. The number of methoxy groups -OCH3 is 1. The Morgan fingerprint density at radius 3 is 2.65 bits per heavy atom. The van der Waals surface area contributed by atoms with Gasteiger partial charge in [0.1, 0.15) is 5.75 Å². The highest BCUT2D eigenvalue weighted by molar-refractivity contribution is 7.17. The standard InChI is InChI=1S/C23H23N5O2S/c1-3-15-4-8-17(9-5-15)24-22(29)27-13-12-19-20(14-27)31-23-25-21(26-28(19)23)16-6-10-18(30-2)11-7-16/h4-11H,3,12-14H2,1-2H3,(H,24,29). The second-order valence-corrected chi connectivity index (χ2v) is 8.54. The van der Waals surface area contributed by atoms with Crippen molar-refractivity contribution in [3.05, 3.63) is 64.7 Å². The maximum absolute atomic E-state index is 12.7. The summed E-state index contributed by atoms with van der Waals surface area (Å²) < 4.78 is 7.15. The van der Waals surface area contributed by atoms with Crippen molar-refractivity contribution in [2.24, 2.45) is 0 Å². The number of carbonyl (C=O) groups excluding carboxylic acids is 1. The molecule has 3 heterocycles. The van der Waals surface area contributed by atoms with Gasteiger partial charge in [0.15, 0.2) is 5.82 Å². The van der Waals surface area contributed by atoms with E-state index in [2.05, 4.69) is 12.2 Å². The zero-order valence-electron chi connectivity index (χ0n) is 17.5. The number of benzene rings is 2. The number of ether oxygens (including phenoxy) is 1. The van der Waals surface area contributed by atoms with Gasteiger partial charge in [-0.05, 0) is 48.4 Å². The highest BCUT2D eigenvalue weighted by Crippen LogP contribution is 2.30. The Kier molecular flexibility index (Phi) is 5.07. The number of carbonyl (C=O) groups is 1. The van der Waals surface area contributed by atoms with Crippen LogP contribution in [0.25, 0.3) is 16.3 Å². The van der Waals surface area contributed by atoms with Gasteiger partial charge in [-0.2, -0.15) is 4.98 Å². The van der Waals surface area contributed by atoms with Crippen LogP contribution in [-0.2, 0) is 19.4 Å². The van der Waals surface area contributed by atoms with Gasteiger partial charge in [-0.25, -0.2) is 9.31 Å². The quantitative estimate of drug-likeness (QED) is 0.510. The van der Waals surface area contributed by atoms with Crippen LogP contribution < -0.4 is 10.1 Å². The zero-order valence-corrected chi connectivity index (χ0v) is 18.3. The van der Waals surface area contributed by atoms with Crippen molar-refractivity contribution in [1.82, 2.24) is 19.5 Å². The molecule has 158 valence electrons. The van der Waals surface area contributed by atoms with E-state index in [1.54, 1.807) is 18.4 Å². The van der Waals surface area contributed by atoms with Crippen molar-refractivity contribution >= 4 is 28.0 Å². The number of aromatic nitrogens is 3. The Morgan fingerprint density at radius 2 is 1.94 bits per heavy atom. The average molecular weight is 434 g/mol. The number of rotatable bonds is 4. The fraction of sp³-hybridized carbons (Fsp3) is 0.261. The summed E-state index contributed by atoms with van der Waals surface area (Å²) >= 11 is 1.60. The molecule has 0 atom stereocenters. The van der Waals surface area contributed by atoms with Gasteiger partial charge in [-0.1, -0.05) is 30.4 Å². The largest absolute Gasteiger partial charge is 0.497 e. The summed E-state index contributed by atoms with van der Waals surface area (Å²) in [6.07, 6.45) is 1.74. The van der Waals surface area contributed by atoms with Crippen molar-refractivity contribution in [3.63, 3.8) is 0 Å². The molecule has 0 spiro atoms. The number of nitrogens with one attached hydrogen (secondary N) is 1. The molecule has 1 N–H and O–H groups in total. The molecule has 2 aromatic heterocycles. The van der Waals surface area contributed by atoms with Crippen LogP contribution in [0.15, 0.2) is 48.5 Å². The van der Waals surface area contributed by atoms with Crippen LogP contribution in [0.5, 0.6) is 5.75 Å². The Bertz CT molecular complexity index is 1230. The summed E-state index contributed by atoms with van der Waals surface area (Å²) in [5.74, 6) is 1.51. The monoisotopic (exact) mass is 433 g/mol. The smallest absolute Gasteiger partial charge is 0.322 e. The van der Waals surface area contributed by atoms with E-state index in [0.717, 1.165) is 45.4 Å². The number of hydrogen-bond donors (Lipinski definition) is 1. The van der Waals surface area contributed by atoms with Crippen molar-refractivity contribution in [2.75, 3.05) is 19.0 Å². The lowest BCUT2D eigenvalue weighted by Gasteiger charge is -2.26. The van der Waals surface area contributed by atoms with Gasteiger partial charge in [0, 0.05) is 29.1 Å². The summed E-state index contributed by atoms with van der Waals surface area (Å²) in [4.78, 5) is 21.3. The molecule has 0 fully saturated rings. The summed E-state index contributed by atoms with van der Waals surface area (Å²) in [6.45, 7) is 3.34. The number of nitrogens with zero attached hydrogens (tertiary/aromatic N) is 4. The van der Waals surface area contributed by atoms with Crippen LogP contribution in [0.2, 0.25) is 0 Å².